The van der Waals surface area contributed by atoms with E-state index in [4.69, 9.17) is 5.11 Å². The van der Waals surface area contributed by atoms with Crippen molar-refractivity contribution < 1.29 is 19.5 Å². The minimum atomic E-state index is -0.977. The van der Waals surface area contributed by atoms with Gasteiger partial charge in [-0.05, 0) is 12.8 Å². The third-order valence-electron chi connectivity index (χ3n) is 3.56. The average Bonchev–Trinajstić information content (AvgIpc) is 2.42. The minimum Gasteiger partial charge on any atom is -0.480 e. The number of hydrogen-bond donors (Lipinski definition) is 1. The molecule has 0 aromatic rings. The molecule has 0 bridgehead atoms. The Labute approximate surface area is 124 Å². The number of nitrogens with zero attached hydrogens (tertiary/aromatic N) is 1. The van der Waals surface area contributed by atoms with Crippen molar-refractivity contribution in [1.29, 1.82) is 0 Å². The molecule has 6 heteroatoms. The van der Waals surface area contributed by atoms with Crippen LogP contribution < -0.4 is 0 Å². The van der Waals surface area contributed by atoms with Gasteiger partial charge >= 0.3 is 5.97 Å². The molecule has 0 radical (unpaired) electrons. The summed E-state index contributed by atoms with van der Waals surface area (Å²) < 4.78 is 0. The first-order valence-corrected chi connectivity index (χ1v) is 8.06. The van der Waals surface area contributed by atoms with Gasteiger partial charge in [0.1, 0.15) is 6.54 Å². The van der Waals surface area contributed by atoms with E-state index < -0.39 is 5.97 Å². The molecular formula is C14H23NO4S. The molecule has 0 aliphatic heterocycles. The van der Waals surface area contributed by atoms with Gasteiger partial charge in [0.2, 0.25) is 5.91 Å². The second-order valence-corrected chi connectivity index (χ2v) is 6.55. The van der Waals surface area contributed by atoms with Crippen LogP contribution in [0.15, 0.2) is 0 Å². The summed E-state index contributed by atoms with van der Waals surface area (Å²) in [5.41, 5.74) is 0. The Morgan fingerprint density at radius 2 is 1.85 bits per heavy atom. The molecule has 0 aromatic carbocycles. The Balaban J connectivity index is 2.67. The highest BCUT2D eigenvalue weighted by Gasteiger charge is 2.30. The zero-order valence-corrected chi connectivity index (χ0v) is 12.9. The third-order valence-corrected chi connectivity index (χ3v) is 4.64. The fraction of sp³-hybridized carbons (Fsp3) is 0.786. The number of carbonyl (C=O) groups excluding carboxylic acids is 2. The van der Waals surface area contributed by atoms with Crippen LogP contribution in [0.4, 0.5) is 0 Å². The van der Waals surface area contributed by atoms with E-state index in [1.54, 1.807) is 6.92 Å². The third kappa shape index (κ3) is 5.53. The summed E-state index contributed by atoms with van der Waals surface area (Å²) in [6.07, 6.45) is 5.01. The first-order valence-electron chi connectivity index (χ1n) is 7.07. The van der Waals surface area contributed by atoms with Crippen molar-refractivity contribution in [2.45, 2.75) is 52.0 Å². The standard InChI is InChI=1S/C14H23NO4S/c1-10(9-20-11(2)16)14(19)15(8-13(17)18)12-6-4-3-5-7-12/h10,12H,3-9H2,1-2H3,(H,17,18). The number of thioether (sulfide) groups is 1. The Morgan fingerprint density at radius 1 is 1.25 bits per heavy atom. The maximum atomic E-state index is 12.4. The van der Waals surface area contributed by atoms with E-state index in [-0.39, 0.29) is 29.5 Å². The van der Waals surface area contributed by atoms with E-state index in [2.05, 4.69) is 0 Å². The lowest BCUT2D eigenvalue weighted by Gasteiger charge is -2.34. The van der Waals surface area contributed by atoms with E-state index >= 15 is 0 Å². The van der Waals surface area contributed by atoms with Crippen LogP contribution in [0.5, 0.6) is 0 Å². The summed E-state index contributed by atoms with van der Waals surface area (Å²) in [6.45, 7) is 2.99. The van der Waals surface area contributed by atoms with Gasteiger partial charge in [0.15, 0.2) is 5.12 Å². The van der Waals surface area contributed by atoms with Gasteiger partial charge in [0, 0.05) is 24.6 Å². The molecule has 5 nitrogen and oxygen atoms in total. The minimum absolute atomic E-state index is 0.0212. The second-order valence-electron chi connectivity index (χ2n) is 5.36. The molecule has 1 saturated carbocycles. The number of rotatable bonds is 6. The predicted molar refractivity (Wildman–Crippen MR) is 78.5 cm³/mol. The SMILES string of the molecule is CC(=O)SCC(C)C(=O)N(CC(=O)O)C1CCCCC1. The van der Waals surface area contributed by atoms with Gasteiger partial charge in [0.25, 0.3) is 0 Å². The molecule has 0 saturated heterocycles. The van der Waals surface area contributed by atoms with E-state index in [0.29, 0.717) is 5.75 Å². The van der Waals surface area contributed by atoms with Crippen molar-refractivity contribution in [2.75, 3.05) is 12.3 Å². The van der Waals surface area contributed by atoms with Crippen LogP contribution in [0, 0.1) is 5.92 Å². The van der Waals surface area contributed by atoms with Crippen molar-refractivity contribution in [2.24, 2.45) is 5.92 Å². The quantitative estimate of drug-likeness (QED) is 0.813. The van der Waals surface area contributed by atoms with E-state index in [1.807, 2.05) is 0 Å². The molecule has 114 valence electrons. The Bertz CT molecular complexity index is 366. The molecule has 1 unspecified atom stereocenters. The Hall–Kier alpha value is -1.04. The van der Waals surface area contributed by atoms with Gasteiger partial charge in [-0.15, -0.1) is 0 Å². The summed E-state index contributed by atoms with van der Waals surface area (Å²) in [6, 6.07) is 0.0390. The maximum Gasteiger partial charge on any atom is 0.323 e. The van der Waals surface area contributed by atoms with Gasteiger partial charge in [0.05, 0.1) is 0 Å². The lowest BCUT2D eigenvalue weighted by atomic mass is 9.93. The first kappa shape index (κ1) is 17.0. The molecule has 1 N–H and O–H groups in total. The van der Waals surface area contributed by atoms with E-state index in [0.717, 1.165) is 43.9 Å². The fourth-order valence-electron chi connectivity index (χ4n) is 2.52. The van der Waals surface area contributed by atoms with E-state index in [9.17, 15) is 14.4 Å². The number of aliphatic carboxylic acids is 1. The predicted octanol–water partition coefficient (Wildman–Crippen LogP) is 2.15. The molecule has 1 amide bonds. The molecule has 0 aromatic heterocycles. The average molecular weight is 301 g/mol. The Kier molecular flexibility index (Phi) is 7.05. The lowest BCUT2D eigenvalue weighted by molar-refractivity contribution is -0.148. The highest BCUT2D eigenvalue weighted by Crippen LogP contribution is 2.24. The zero-order chi connectivity index (χ0) is 15.1. The van der Waals surface area contributed by atoms with Crippen molar-refractivity contribution in [1.82, 2.24) is 4.90 Å². The molecule has 0 spiro atoms. The summed E-state index contributed by atoms with van der Waals surface area (Å²) in [7, 11) is 0. The van der Waals surface area contributed by atoms with Gasteiger partial charge in [-0.2, -0.15) is 0 Å². The first-order chi connectivity index (χ1) is 9.41. The number of carboxylic acids is 1. The van der Waals surface area contributed by atoms with Gasteiger partial charge in [-0.3, -0.25) is 14.4 Å². The largest absolute Gasteiger partial charge is 0.480 e. The van der Waals surface area contributed by atoms with Crippen LogP contribution in [0.2, 0.25) is 0 Å². The van der Waals surface area contributed by atoms with Crippen LogP contribution in [0.25, 0.3) is 0 Å². The van der Waals surface area contributed by atoms with Crippen molar-refractivity contribution >= 4 is 28.8 Å². The van der Waals surface area contributed by atoms with Crippen LogP contribution in [0.1, 0.15) is 46.0 Å². The number of amides is 1. The number of hydrogen-bond acceptors (Lipinski definition) is 4. The fourth-order valence-corrected chi connectivity index (χ4v) is 3.15. The molecule has 0 heterocycles. The molecule has 1 rings (SSSR count). The highest BCUT2D eigenvalue weighted by atomic mass is 32.2. The zero-order valence-electron chi connectivity index (χ0n) is 12.1. The molecule has 1 aliphatic rings. The summed E-state index contributed by atoms with van der Waals surface area (Å²) in [5, 5.41) is 8.99. The van der Waals surface area contributed by atoms with Crippen LogP contribution >= 0.6 is 11.8 Å². The summed E-state index contributed by atoms with van der Waals surface area (Å²) in [5.74, 6) is -1.04. The lowest BCUT2D eigenvalue weighted by Crippen LogP contribution is -2.47. The van der Waals surface area contributed by atoms with E-state index in [1.165, 1.54) is 11.8 Å². The second kappa shape index (κ2) is 8.29. The van der Waals surface area contributed by atoms with Gasteiger partial charge in [-0.1, -0.05) is 37.9 Å². The van der Waals surface area contributed by atoms with Crippen molar-refractivity contribution in [3.05, 3.63) is 0 Å². The van der Waals surface area contributed by atoms with Crippen LogP contribution in [-0.2, 0) is 14.4 Å². The van der Waals surface area contributed by atoms with Crippen LogP contribution in [-0.4, -0.2) is 45.3 Å². The smallest absolute Gasteiger partial charge is 0.323 e. The molecular weight excluding hydrogens is 278 g/mol. The highest BCUT2D eigenvalue weighted by molar-refractivity contribution is 8.13. The number of carboxylic acid groups (broad SMARTS) is 1. The topological polar surface area (TPSA) is 74.7 Å². The summed E-state index contributed by atoms with van der Waals surface area (Å²) in [4.78, 5) is 35.9. The maximum absolute atomic E-state index is 12.4. The molecule has 1 fully saturated rings. The number of carbonyl (C=O) groups is 3. The van der Waals surface area contributed by atoms with Gasteiger partial charge < -0.3 is 10.0 Å². The Morgan fingerprint density at radius 3 is 2.35 bits per heavy atom. The van der Waals surface area contributed by atoms with Gasteiger partial charge in [-0.25, -0.2) is 0 Å². The monoisotopic (exact) mass is 301 g/mol. The molecule has 1 aliphatic carbocycles. The normalized spacial score (nSPS) is 17.5. The molecule has 1 atom stereocenters. The van der Waals surface area contributed by atoms with Crippen molar-refractivity contribution in [3.8, 4) is 0 Å². The van der Waals surface area contributed by atoms with Crippen molar-refractivity contribution in [3.63, 3.8) is 0 Å². The summed E-state index contributed by atoms with van der Waals surface area (Å²) >= 11 is 1.12. The van der Waals surface area contributed by atoms with Crippen LogP contribution in [0.3, 0.4) is 0 Å². The molecule has 20 heavy (non-hydrogen) atoms.